The van der Waals surface area contributed by atoms with Crippen LogP contribution in [0.5, 0.6) is 0 Å². The summed E-state index contributed by atoms with van der Waals surface area (Å²) in [4.78, 5) is 23.7. The molecule has 0 spiro atoms. The van der Waals surface area contributed by atoms with Crippen LogP contribution in [-0.4, -0.2) is 22.0 Å². The molecule has 3 aromatic rings. The highest BCUT2D eigenvalue weighted by Gasteiger charge is 2.13. The van der Waals surface area contributed by atoms with Gasteiger partial charge in [-0.05, 0) is 32.0 Å². The lowest BCUT2D eigenvalue weighted by Crippen LogP contribution is -2.41. The summed E-state index contributed by atoms with van der Waals surface area (Å²) >= 11 is 0. The van der Waals surface area contributed by atoms with E-state index in [1.807, 2.05) is 31.2 Å². The molecule has 0 aliphatic carbocycles. The van der Waals surface area contributed by atoms with Gasteiger partial charge in [0, 0.05) is 18.4 Å². The molecular weight excluding hydrogens is 336 g/mol. The largest absolute Gasteiger partial charge is 0.469 e. The van der Waals surface area contributed by atoms with Gasteiger partial charge in [0.1, 0.15) is 5.76 Å². The Morgan fingerprint density at radius 3 is 2.50 bits per heavy atom. The summed E-state index contributed by atoms with van der Waals surface area (Å²) in [6, 6.07) is 9.23. The Balaban J connectivity index is 1.48. The van der Waals surface area contributed by atoms with Gasteiger partial charge in [0.15, 0.2) is 0 Å². The SMILES string of the molecule is Cc1ccc(-c2nnc(CCC(=O)NNC(=O)c3ccoc3C)o2)cc1. The highest BCUT2D eigenvalue weighted by Crippen LogP contribution is 2.18. The first-order chi connectivity index (χ1) is 12.5. The normalized spacial score (nSPS) is 10.5. The summed E-state index contributed by atoms with van der Waals surface area (Å²) in [6.07, 6.45) is 1.78. The second-order valence-electron chi connectivity index (χ2n) is 5.76. The van der Waals surface area contributed by atoms with Gasteiger partial charge in [0.05, 0.1) is 11.8 Å². The van der Waals surface area contributed by atoms with Crippen LogP contribution in [0.2, 0.25) is 0 Å². The van der Waals surface area contributed by atoms with Crippen LogP contribution in [0.25, 0.3) is 11.5 Å². The molecule has 3 rings (SSSR count). The maximum atomic E-state index is 11.9. The number of nitrogens with one attached hydrogen (secondary N) is 2. The quantitative estimate of drug-likeness (QED) is 0.681. The van der Waals surface area contributed by atoms with Crippen LogP contribution < -0.4 is 10.9 Å². The van der Waals surface area contributed by atoms with Crippen molar-refractivity contribution in [1.82, 2.24) is 21.0 Å². The Bertz CT molecular complexity index is 911. The maximum Gasteiger partial charge on any atom is 0.273 e. The molecule has 0 atom stereocenters. The fraction of sp³-hybridized carbons (Fsp3) is 0.222. The van der Waals surface area contributed by atoms with E-state index in [1.165, 1.54) is 12.3 Å². The first-order valence-electron chi connectivity index (χ1n) is 8.05. The van der Waals surface area contributed by atoms with Crippen molar-refractivity contribution < 1.29 is 18.4 Å². The average Bonchev–Trinajstić information content (AvgIpc) is 3.27. The molecule has 0 aliphatic rings. The van der Waals surface area contributed by atoms with Crippen molar-refractivity contribution >= 4 is 11.8 Å². The first-order valence-corrected chi connectivity index (χ1v) is 8.05. The van der Waals surface area contributed by atoms with E-state index < -0.39 is 5.91 Å². The van der Waals surface area contributed by atoms with Gasteiger partial charge in [-0.25, -0.2) is 0 Å². The topological polar surface area (TPSA) is 110 Å². The van der Waals surface area contributed by atoms with Gasteiger partial charge < -0.3 is 8.83 Å². The summed E-state index contributed by atoms with van der Waals surface area (Å²) in [5.41, 5.74) is 7.00. The molecule has 0 saturated heterocycles. The molecule has 134 valence electrons. The zero-order valence-corrected chi connectivity index (χ0v) is 14.4. The third-order valence-corrected chi connectivity index (χ3v) is 3.75. The van der Waals surface area contributed by atoms with Crippen molar-refractivity contribution in [3.8, 4) is 11.5 Å². The Hall–Kier alpha value is -3.42. The molecule has 2 amide bonds. The third-order valence-electron chi connectivity index (χ3n) is 3.75. The summed E-state index contributed by atoms with van der Waals surface area (Å²) in [5.74, 6) is 0.432. The van der Waals surface area contributed by atoms with Gasteiger partial charge in [-0.15, -0.1) is 10.2 Å². The Morgan fingerprint density at radius 1 is 1.04 bits per heavy atom. The molecule has 0 fully saturated rings. The molecule has 2 N–H and O–H groups in total. The molecule has 0 saturated carbocycles. The molecule has 8 nitrogen and oxygen atoms in total. The molecule has 8 heteroatoms. The van der Waals surface area contributed by atoms with E-state index in [-0.39, 0.29) is 18.7 Å². The average molecular weight is 354 g/mol. The smallest absolute Gasteiger partial charge is 0.273 e. The Morgan fingerprint density at radius 2 is 1.81 bits per heavy atom. The number of amides is 2. The van der Waals surface area contributed by atoms with Crippen molar-refractivity contribution in [2.24, 2.45) is 0 Å². The lowest BCUT2D eigenvalue weighted by atomic mass is 10.1. The Labute approximate surface area is 149 Å². The number of carbonyl (C=O) groups is 2. The van der Waals surface area contributed by atoms with Crippen molar-refractivity contribution in [2.45, 2.75) is 26.7 Å². The van der Waals surface area contributed by atoms with Crippen LogP contribution in [0.4, 0.5) is 0 Å². The third kappa shape index (κ3) is 4.15. The predicted molar refractivity (Wildman–Crippen MR) is 91.8 cm³/mol. The maximum absolute atomic E-state index is 11.9. The molecular formula is C18H18N4O4. The zero-order valence-electron chi connectivity index (χ0n) is 14.4. The van der Waals surface area contributed by atoms with Gasteiger partial charge in [-0.3, -0.25) is 20.4 Å². The van der Waals surface area contributed by atoms with E-state index in [0.717, 1.165) is 11.1 Å². The minimum atomic E-state index is -0.441. The summed E-state index contributed by atoms with van der Waals surface area (Å²) in [7, 11) is 0. The van der Waals surface area contributed by atoms with Gasteiger partial charge in [-0.2, -0.15) is 0 Å². The van der Waals surface area contributed by atoms with E-state index in [1.54, 1.807) is 6.92 Å². The highest BCUT2D eigenvalue weighted by atomic mass is 16.4. The van der Waals surface area contributed by atoms with Gasteiger partial charge in [0.25, 0.3) is 5.91 Å². The molecule has 2 heterocycles. The van der Waals surface area contributed by atoms with Gasteiger partial charge in [0.2, 0.25) is 17.7 Å². The van der Waals surface area contributed by atoms with Crippen molar-refractivity contribution in [3.05, 3.63) is 59.4 Å². The van der Waals surface area contributed by atoms with Crippen LogP contribution in [-0.2, 0) is 11.2 Å². The molecule has 26 heavy (non-hydrogen) atoms. The lowest BCUT2D eigenvalue weighted by Gasteiger charge is -2.05. The van der Waals surface area contributed by atoms with Crippen LogP contribution >= 0.6 is 0 Å². The Kier molecular flexibility index (Phi) is 5.12. The number of furan rings is 1. The molecule has 1 aromatic carbocycles. The first kappa shape index (κ1) is 17.4. The highest BCUT2D eigenvalue weighted by molar-refractivity contribution is 5.96. The minimum Gasteiger partial charge on any atom is -0.469 e. The van der Waals surface area contributed by atoms with Gasteiger partial charge >= 0.3 is 0 Å². The second-order valence-corrected chi connectivity index (χ2v) is 5.76. The molecule has 0 bridgehead atoms. The molecule has 0 unspecified atom stereocenters. The summed E-state index contributed by atoms with van der Waals surface area (Å²) in [5, 5.41) is 7.92. The number of carbonyl (C=O) groups excluding carboxylic acids is 2. The van der Waals surface area contributed by atoms with Gasteiger partial charge in [-0.1, -0.05) is 17.7 Å². The monoisotopic (exact) mass is 354 g/mol. The van der Waals surface area contributed by atoms with Crippen molar-refractivity contribution in [2.75, 3.05) is 0 Å². The molecule has 0 aliphatic heterocycles. The fourth-order valence-corrected chi connectivity index (χ4v) is 2.26. The molecule has 0 radical (unpaired) electrons. The van der Waals surface area contributed by atoms with E-state index in [2.05, 4.69) is 21.0 Å². The second kappa shape index (κ2) is 7.64. The fourth-order valence-electron chi connectivity index (χ4n) is 2.26. The number of hydrazine groups is 1. The van der Waals surface area contributed by atoms with Crippen molar-refractivity contribution in [3.63, 3.8) is 0 Å². The summed E-state index contributed by atoms with van der Waals surface area (Å²) < 4.78 is 10.6. The zero-order chi connectivity index (χ0) is 18.5. The van der Waals surface area contributed by atoms with E-state index >= 15 is 0 Å². The molecule has 2 aromatic heterocycles. The van der Waals surface area contributed by atoms with Crippen LogP contribution in [0.3, 0.4) is 0 Å². The van der Waals surface area contributed by atoms with Crippen LogP contribution in [0.15, 0.2) is 45.4 Å². The predicted octanol–water partition coefficient (Wildman–Crippen LogP) is 2.34. The van der Waals surface area contributed by atoms with Crippen molar-refractivity contribution in [1.29, 1.82) is 0 Å². The van der Waals surface area contributed by atoms with Crippen LogP contribution in [0, 0.1) is 13.8 Å². The number of rotatable bonds is 5. The van der Waals surface area contributed by atoms with E-state index in [9.17, 15) is 9.59 Å². The number of aryl methyl sites for hydroxylation is 3. The number of hydrogen-bond donors (Lipinski definition) is 2. The summed E-state index contributed by atoms with van der Waals surface area (Å²) in [6.45, 7) is 3.66. The number of aromatic nitrogens is 2. The minimum absolute atomic E-state index is 0.0974. The van der Waals surface area contributed by atoms with Crippen LogP contribution in [0.1, 0.15) is 34.0 Å². The standard InChI is InChI=1S/C18H18N4O4/c1-11-3-5-13(6-4-11)18-22-20-16(26-18)8-7-15(23)19-21-17(24)14-9-10-25-12(14)2/h3-6,9-10H,7-8H2,1-2H3,(H,19,23)(H,21,24). The van der Waals surface area contributed by atoms with E-state index in [4.69, 9.17) is 8.83 Å². The number of hydrogen-bond acceptors (Lipinski definition) is 6. The number of benzene rings is 1. The number of nitrogens with zero attached hydrogens (tertiary/aromatic N) is 2. The van der Waals surface area contributed by atoms with E-state index in [0.29, 0.717) is 23.1 Å². The lowest BCUT2D eigenvalue weighted by molar-refractivity contribution is -0.121.